The molecule has 0 unspecified atom stereocenters. The van der Waals surface area contributed by atoms with Crippen LogP contribution in [0.2, 0.25) is 0 Å². The van der Waals surface area contributed by atoms with Crippen LogP contribution < -0.4 is 30.6 Å². The van der Waals surface area contributed by atoms with Crippen molar-refractivity contribution in [2.45, 2.75) is 36.9 Å². The van der Waals surface area contributed by atoms with Gasteiger partial charge in [0.25, 0.3) is 0 Å². The Balaban J connectivity index is -0.000000123. The molecule has 0 radical (unpaired) electrons. The minimum absolute atomic E-state index is 0.300. The molecule has 0 spiro atoms. The summed E-state index contributed by atoms with van der Waals surface area (Å²) in [5.74, 6) is -12.0. The monoisotopic (exact) mass is 696 g/mol. The second-order valence-electron chi connectivity index (χ2n) is 4.83. The predicted octanol–water partition coefficient (Wildman–Crippen LogP) is -10.9. The molecule has 0 aliphatic carbocycles. The summed E-state index contributed by atoms with van der Waals surface area (Å²) >= 11 is 0.900. The Bertz CT molecular complexity index is 562. The van der Waals surface area contributed by atoms with E-state index in [1.807, 2.05) is 0 Å². The summed E-state index contributed by atoms with van der Waals surface area (Å²) < 4.78 is 25.0. The van der Waals surface area contributed by atoms with Crippen LogP contribution in [0.5, 0.6) is 0 Å². The molecule has 0 aliphatic rings. The Morgan fingerprint density at radius 2 is 0.594 bits per heavy atom. The number of carboxylic acid groups (broad SMARTS) is 6. The molecule has 0 saturated heterocycles. The van der Waals surface area contributed by atoms with Gasteiger partial charge in [-0.25, -0.2) is 0 Å². The van der Waals surface area contributed by atoms with Crippen molar-refractivity contribution in [3.8, 4) is 0 Å². The van der Waals surface area contributed by atoms with Gasteiger partial charge in [0, 0.05) is 49.6 Å². The number of carbonyl (C=O) groups is 6. The Morgan fingerprint density at radius 3 is 0.656 bits per heavy atom. The Labute approximate surface area is 223 Å². The van der Waals surface area contributed by atoms with E-state index in [9.17, 15) is 59.4 Å². The molecule has 0 aromatic rings. The molecule has 172 valence electrons. The van der Waals surface area contributed by atoms with Crippen molar-refractivity contribution in [3.05, 3.63) is 0 Å². The van der Waals surface area contributed by atoms with Crippen LogP contribution in [-0.2, 0) is 111 Å². The zero-order chi connectivity index (χ0) is 27.3. The van der Waals surface area contributed by atoms with E-state index in [4.69, 9.17) is 18.7 Å². The summed E-state index contributed by atoms with van der Waals surface area (Å²) in [4.78, 5) is 60.0. The summed E-state index contributed by atoms with van der Waals surface area (Å²) in [5, 5.41) is 77.9. The maximum atomic E-state index is 10.1. The maximum absolute atomic E-state index is 10.1. The van der Waals surface area contributed by atoms with Gasteiger partial charge in [0.1, 0.15) is 11.2 Å². The fraction of sp³-hybridized carbons (Fsp3) is 0.500. The normalized spacial score (nSPS) is 9.38. The average Bonchev–Trinajstić information content (AvgIpc) is 2.64. The molecule has 0 rings (SSSR count). The van der Waals surface area contributed by atoms with Crippen molar-refractivity contribution in [2.75, 3.05) is 0 Å². The quantitative estimate of drug-likeness (QED) is 0.214. The van der Waals surface area contributed by atoms with Gasteiger partial charge in [-0.3, -0.25) is 0 Å². The third-order valence-corrected chi connectivity index (χ3v) is 2.51. The van der Waals surface area contributed by atoms with E-state index in [1.165, 1.54) is 0 Å². The second-order valence-corrected chi connectivity index (χ2v) is 4.83. The van der Waals surface area contributed by atoms with Gasteiger partial charge in [0.05, 0.1) is 11.9 Å². The number of rotatable bonds is 10. The van der Waals surface area contributed by atoms with Crippen molar-refractivity contribution < 1.29 is 152 Å². The van der Waals surface area contributed by atoms with Gasteiger partial charge >= 0.3 is 82.6 Å². The van der Waals surface area contributed by atoms with Crippen molar-refractivity contribution in [1.29, 1.82) is 0 Å². The molecule has 0 bridgehead atoms. The molecule has 0 fully saturated rings. The zero-order valence-corrected chi connectivity index (χ0v) is 22.7. The first kappa shape index (κ1) is 41.1. The van der Waals surface area contributed by atoms with Gasteiger partial charge in [-0.1, -0.05) is 0 Å². The van der Waals surface area contributed by atoms with Crippen LogP contribution in [0.1, 0.15) is 25.7 Å². The van der Waals surface area contributed by atoms with Crippen molar-refractivity contribution in [2.24, 2.45) is 0 Å². The fourth-order valence-corrected chi connectivity index (χ4v) is 1.37. The Kier molecular flexibility index (Phi) is 29.5. The van der Waals surface area contributed by atoms with Gasteiger partial charge in [-0.05, 0) is 0 Å². The predicted molar refractivity (Wildman–Crippen MR) is 60.5 cm³/mol. The van der Waals surface area contributed by atoms with E-state index < -0.39 is 72.7 Å². The van der Waals surface area contributed by atoms with Gasteiger partial charge in [0.2, 0.25) is 0 Å². The van der Waals surface area contributed by atoms with E-state index >= 15 is 0 Å². The molecular formula is C12H10O17Zr3. The second kappa shape index (κ2) is 23.0. The van der Waals surface area contributed by atoms with Crippen LogP contribution in [0.25, 0.3) is 0 Å². The van der Waals surface area contributed by atoms with E-state index in [-0.39, 0.29) is 0 Å². The molecule has 0 atom stereocenters. The molecule has 0 amide bonds. The zero-order valence-electron chi connectivity index (χ0n) is 15.3. The van der Waals surface area contributed by atoms with Gasteiger partial charge < -0.3 is 69.6 Å². The Hall–Kier alpha value is -1.21. The molecule has 0 aliphatic heterocycles. The van der Waals surface area contributed by atoms with Gasteiger partial charge in [-0.2, -0.15) is 0 Å². The summed E-state index contributed by atoms with van der Waals surface area (Å²) in [7, 11) is 0. The van der Waals surface area contributed by atoms with Crippen LogP contribution in [0, 0.1) is 0 Å². The van der Waals surface area contributed by atoms with E-state index in [1.54, 1.807) is 0 Å². The number of carboxylic acids is 6. The number of carbonyl (C=O) groups excluding carboxylic acids is 6. The van der Waals surface area contributed by atoms with E-state index in [0.29, 0.717) is 74.2 Å². The average molecular weight is 700 g/mol. The van der Waals surface area contributed by atoms with Crippen LogP contribution in [0.3, 0.4) is 0 Å². The van der Waals surface area contributed by atoms with Crippen LogP contribution in [-0.4, -0.2) is 57.2 Å². The van der Waals surface area contributed by atoms with E-state index in [0.717, 1.165) is 0 Å². The number of aliphatic carboxylic acids is 6. The topological polar surface area (TPSA) is 332 Å². The molecule has 0 saturated carbocycles. The molecule has 32 heavy (non-hydrogen) atoms. The van der Waals surface area contributed by atoms with Gasteiger partial charge in [0.15, 0.2) is 0 Å². The molecule has 20 heteroatoms. The van der Waals surface area contributed by atoms with Crippen LogP contribution in [0.4, 0.5) is 0 Å². The first-order chi connectivity index (χ1) is 14.6. The first-order valence-corrected chi connectivity index (χ1v) is 9.85. The van der Waals surface area contributed by atoms with Crippen molar-refractivity contribution in [3.63, 3.8) is 0 Å². The van der Waals surface area contributed by atoms with Crippen molar-refractivity contribution in [1.82, 2.24) is 0 Å². The molecule has 2 N–H and O–H groups in total. The van der Waals surface area contributed by atoms with Crippen LogP contribution in [0.15, 0.2) is 0 Å². The summed E-state index contributed by atoms with van der Waals surface area (Å²) in [6.07, 6.45) is -5.43. The molecule has 0 heterocycles. The fourth-order valence-electron chi connectivity index (χ4n) is 1.37. The first-order valence-electron chi connectivity index (χ1n) is 6.84. The van der Waals surface area contributed by atoms with Crippen LogP contribution >= 0.6 is 0 Å². The molecule has 17 nitrogen and oxygen atoms in total. The molecule has 0 aromatic carbocycles. The molecule has 0 aromatic heterocycles. The Morgan fingerprint density at radius 1 is 0.469 bits per heavy atom. The SMILES string of the molecule is O=C([O-])CC(O)(CC(=O)[O-])C(=O)[O-].O=C([O-])CC(O)(CC(=O)[O-])C(=O)[O-].[O]=[Zr+2].[O]=[Zr+2].[O]=[Zr+2]. The number of hydrogen-bond acceptors (Lipinski definition) is 17. The number of hydrogen-bond donors (Lipinski definition) is 2. The third-order valence-electron chi connectivity index (χ3n) is 2.51. The summed E-state index contributed by atoms with van der Waals surface area (Å²) in [6, 6.07) is 0. The van der Waals surface area contributed by atoms with Crippen molar-refractivity contribution >= 4 is 35.8 Å². The molecular weight excluding hydrogens is 690 g/mol. The number of aliphatic hydroxyl groups is 2. The van der Waals surface area contributed by atoms with E-state index in [2.05, 4.69) is 0 Å². The summed E-state index contributed by atoms with van der Waals surface area (Å²) in [6.45, 7) is 0. The van der Waals surface area contributed by atoms with Gasteiger partial charge in [-0.15, -0.1) is 0 Å². The minimum atomic E-state index is -2.97. The summed E-state index contributed by atoms with van der Waals surface area (Å²) in [5.41, 5.74) is -5.95. The standard InChI is InChI=1S/2C6H8O7.3O.3Zr/c2*7-3(8)1-6(13,5(11)12)2-4(9)10;;;;;;/h2*13H,1-2H2,(H,7,8)(H,9,10)(H,11,12);;;;;;/q;;;;;3*+2/p-6. The third kappa shape index (κ3) is 23.5.